The van der Waals surface area contributed by atoms with E-state index >= 15 is 0 Å². The molecule has 266 valence electrons. The summed E-state index contributed by atoms with van der Waals surface area (Å²) >= 11 is 0. The van der Waals surface area contributed by atoms with E-state index < -0.39 is 0 Å². The van der Waals surface area contributed by atoms with Crippen molar-refractivity contribution < 1.29 is 4.42 Å². The van der Waals surface area contributed by atoms with E-state index in [0.717, 1.165) is 61.0 Å². The Morgan fingerprint density at radius 2 is 0.842 bits per heavy atom. The Morgan fingerprint density at radius 1 is 0.333 bits per heavy atom. The van der Waals surface area contributed by atoms with Crippen molar-refractivity contribution in [1.29, 1.82) is 0 Å². The predicted octanol–water partition coefficient (Wildman–Crippen LogP) is 13.0. The SMILES string of the molecule is c1ccc(-c2nc(-c3cccc(-n4c5ccccc5c5cc6c(cc54)c4ccccc4n6-c4ccccc4)c3)nc(-c3cccc4oc5ccccc5c34)n2)cc1. The molecule has 6 nitrogen and oxygen atoms in total. The highest BCUT2D eigenvalue weighted by Gasteiger charge is 2.21. The van der Waals surface area contributed by atoms with E-state index in [1.165, 1.54) is 32.6 Å². The maximum Gasteiger partial charge on any atom is 0.164 e. The predicted molar refractivity (Wildman–Crippen MR) is 232 cm³/mol. The maximum atomic E-state index is 6.27. The monoisotopic (exact) mass is 729 g/mol. The van der Waals surface area contributed by atoms with Gasteiger partial charge in [0, 0.05) is 60.4 Å². The Bertz CT molecular complexity index is 3520. The molecule has 0 aliphatic heterocycles. The number of rotatable bonds is 5. The van der Waals surface area contributed by atoms with E-state index in [0.29, 0.717) is 17.5 Å². The maximum absolute atomic E-state index is 6.27. The van der Waals surface area contributed by atoms with Gasteiger partial charge in [-0.25, -0.2) is 15.0 Å². The first-order chi connectivity index (χ1) is 28.3. The van der Waals surface area contributed by atoms with Gasteiger partial charge >= 0.3 is 0 Å². The number of nitrogens with zero attached hydrogens (tertiary/aromatic N) is 5. The molecule has 6 heteroatoms. The van der Waals surface area contributed by atoms with Crippen LogP contribution in [0.4, 0.5) is 0 Å². The summed E-state index contributed by atoms with van der Waals surface area (Å²) in [6.45, 7) is 0. The highest BCUT2D eigenvalue weighted by Crippen LogP contribution is 2.41. The van der Waals surface area contributed by atoms with E-state index in [4.69, 9.17) is 19.4 Å². The minimum Gasteiger partial charge on any atom is -0.456 e. The average molecular weight is 730 g/mol. The van der Waals surface area contributed by atoms with Gasteiger partial charge in [-0.2, -0.15) is 0 Å². The second-order valence-corrected chi connectivity index (χ2v) is 14.4. The van der Waals surface area contributed by atoms with Crippen LogP contribution in [-0.2, 0) is 0 Å². The van der Waals surface area contributed by atoms with Crippen LogP contribution >= 0.6 is 0 Å². The first kappa shape index (κ1) is 31.5. The minimum atomic E-state index is 0.593. The summed E-state index contributed by atoms with van der Waals surface area (Å²) in [4.78, 5) is 15.4. The summed E-state index contributed by atoms with van der Waals surface area (Å²) in [7, 11) is 0. The third kappa shape index (κ3) is 4.87. The van der Waals surface area contributed by atoms with Crippen molar-refractivity contribution in [2.24, 2.45) is 0 Å². The smallest absolute Gasteiger partial charge is 0.164 e. The van der Waals surface area contributed by atoms with Crippen molar-refractivity contribution >= 4 is 65.6 Å². The zero-order chi connectivity index (χ0) is 37.5. The fourth-order valence-electron chi connectivity index (χ4n) is 8.65. The van der Waals surface area contributed by atoms with Crippen LogP contribution in [0.5, 0.6) is 0 Å². The molecular weight excluding hydrogens is 699 g/mol. The second kappa shape index (κ2) is 12.3. The molecule has 0 unspecified atom stereocenters. The van der Waals surface area contributed by atoms with Crippen molar-refractivity contribution in [2.45, 2.75) is 0 Å². The zero-order valence-corrected chi connectivity index (χ0v) is 30.5. The number of fused-ring (bicyclic) bond motifs is 9. The van der Waals surface area contributed by atoms with Crippen LogP contribution in [0, 0.1) is 0 Å². The van der Waals surface area contributed by atoms with Crippen LogP contribution in [0.2, 0.25) is 0 Å². The fraction of sp³-hybridized carbons (Fsp3) is 0. The largest absolute Gasteiger partial charge is 0.456 e. The average Bonchev–Trinajstić information content (AvgIpc) is 3.93. The van der Waals surface area contributed by atoms with Crippen LogP contribution in [-0.4, -0.2) is 24.1 Å². The van der Waals surface area contributed by atoms with Gasteiger partial charge < -0.3 is 13.6 Å². The first-order valence-corrected chi connectivity index (χ1v) is 19.1. The molecule has 4 aromatic heterocycles. The molecule has 0 bridgehead atoms. The second-order valence-electron chi connectivity index (χ2n) is 14.4. The van der Waals surface area contributed by atoms with Crippen molar-refractivity contribution in [3.05, 3.63) is 188 Å². The lowest BCUT2D eigenvalue weighted by Crippen LogP contribution is -2.01. The van der Waals surface area contributed by atoms with Crippen LogP contribution in [0.1, 0.15) is 0 Å². The third-order valence-corrected chi connectivity index (χ3v) is 11.2. The molecule has 4 heterocycles. The molecule has 0 aliphatic carbocycles. The van der Waals surface area contributed by atoms with Crippen molar-refractivity contribution in [1.82, 2.24) is 24.1 Å². The standard InChI is InChI=1S/C51H31N5O/c1-3-15-32(16-4-1)49-52-50(54-51(53-49)39-24-14-28-47-48(39)38-23-9-12-27-46(38)57-47)33-17-13-20-35(29-33)56-43-26-11-8-22-37(43)41-30-44-40(31-45(41)56)36-21-7-10-25-42(36)55(44)34-18-5-2-6-19-34/h1-31H. The van der Waals surface area contributed by atoms with Gasteiger partial charge in [-0.1, -0.05) is 127 Å². The van der Waals surface area contributed by atoms with Crippen molar-refractivity contribution in [3.63, 3.8) is 0 Å². The summed E-state index contributed by atoms with van der Waals surface area (Å²) in [5.41, 5.74) is 11.1. The topological polar surface area (TPSA) is 61.7 Å². The molecule has 0 saturated heterocycles. The molecule has 12 rings (SSSR count). The molecule has 0 saturated carbocycles. The number of furan rings is 1. The highest BCUT2D eigenvalue weighted by atomic mass is 16.3. The number of benzene rings is 8. The van der Waals surface area contributed by atoms with E-state index in [9.17, 15) is 0 Å². The van der Waals surface area contributed by atoms with Crippen LogP contribution in [0.25, 0.3) is 111 Å². The van der Waals surface area contributed by atoms with Crippen LogP contribution in [0.15, 0.2) is 192 Å². The Morgan fingerprint density at radius 3 is 1.56 bits per heavy atom. The van der Waals surface area contributed by atoms with E-state index in [1.54, 1.807) is 0 Å². The molecule has 0 fully saturated rings. The van der Waals surface area contributed by atoms with E-state index in [1.807, 2.05) is 60.7 Å². The molecule has 0 amide bonds. The molecule has 0 radical (unpaired) electrons. The minimum absolute atomic E-state index is 0.593. The summed E-state index contributed by atoms with van der Waals surface area (Å²) < 4.78 is 11.0. The number of hydrogen-bond donors (Lipinski definition) is 0. The third-order valence-electron chi connectivity index (χ3n) is 11.2. The van der Waals surface area contributed by atoms with Gasteiger partial charge in [-0.15, -0.1) is 0 Å². The van der Waals surface area contributed by atoms with Gasteiger partial charge in [0.2, 0.25) is 0 Å². The lowest BCUT2D eigenvalue weighted by molar-refractivity contribution is 0.669. The lowest BCUT2D eigenvalue weighted by atomic mass is 10.1. The van der Waals surface area contributed by atoms with E-state index in [2.05, 4.69) is 137 Å². The van der Waals surface area contributed by atoms with Gasteiger partial charge in [0.05, 0.1) is 22.1 Å². The lowest BCUT2D eigenvalue weighted by Gasteiger charge is -2.12. The summed E-state index contributed by atoms with van der Waals surface area (Å²) in [5, 5.41) is 6.83. The fourth-order valence-corrected chi connectivity index (χ4v) is 8.65. The first-order valence-electron chi connectivity index (χ1n) is 19.1. The van der Waals surface area contributed by atoms with Crippen LogP contribution < -0.4 is 0 Å². The Hall–Kier alpha value is -7.83. The Balaban J connectivity index is 1.09. The quantitative estimate of drug-likeness (QED) is 0.177. The number of aromatic nitrogens is 5. The van der Waals surface area contributed by atoms with Gasteiger partial charge in [0.15, 0.2) is 17.5 Å². The highest BCUT2D eigenvalue weighted by molar-refractivity contribution is 6.19. The van der Waals surface area contributed by atoms with Gasteiger partial charge in [0.25, 0.3) is 0 Å². The molecule has 12 aromatic rings. The molecule has 0 spiro atoms. The number of para-hydroxylation sites is 4. The zero-order valence-electron chi connectivity index (χ0n) is 30.5. The molecule has 0 N–H and O–H groups in total. The molecular formula is C51H31N5O. The van der Waals surface area contributed by atoms with E-state index in [-0.39, 0.29) is 0 Å². The summed E-state index contributed by atoms with van der Waals surface area (Å²) in [6, 6.07) is 65.6. The summed E-state index contributed by atoms with van der Waals surface area (Å²) in [6.07, 6.45) is 0. The van der Waals surface area contributed by atoms with Gasteiger partial charge in [-0.3, -0.25) is 0 Å². The van der Waals surface area contributed by atoms with Crippen LogP contribution in [0.3, 0.4) is 0 Å². The molecule has 0 aliphatic rings. The van der Waals surface area contributed by atoms with Gasteiger partial charge in [0.1, 0.15) is 11.2 Å². The Labute approximate surface area is 326 Å². The van der Waals surface area contributed by atoms with Gasteiger partial charge in [-0.05, 0) is 60.7 Å². The Kier molecular flexibility index (Phi) is 6.83. The molecule has 8 aromatic carbocycles. The van der Waals surface area contributed by atoms with Crippen molar-refractivity contribution in [3.8, 4) is 45.5 Å². The number of hydrogen-bond acceptors (Lipinski definition) is 4. The van der Waals surface area contributed by atoms with Crippen molar-refractivity contribution in [2.75, 3.05) is 0 Å². The normalized spacial score (nSPS) is 11.9. The molecule has 0 atom stereocenters. The molecule has 57 heavy (non-hydrogen) atoms. The summed E-state index contributed by atoms with van der Waals surface area (Å²) in [5.74, 6) is 1.80.